The highest BCUT2D eigenvalue weighted by molar-refractivity contribution is 5.77. The fourth-order valence-corrected chi connectivity index (χ4v) is 10.9. The molecule has 34 heteroatoms. The number of hydrogen-bond acceptors (Lipinski definition) is 33. The fraction of sp³-hybridized carbons (Fsp3) is 0.942. The predicted octanol–water partition coefficient (Wildman–Crippen LogP) is -9.29. The summed E-state index contributed by atoms with van der Waals surface area (Å²) in [7, 11) is 0. The molecule has 0 saturated carbocycles. The second kappa shape index (κ2) is 34.7. The Morgan fingerprint density at radius 1 is 0.535 bits per heavy atom. The Morgan fingerprint density at radius 2 is 1.05 bits per heavy atom. The molecule has 32 atom stereocenters. The third-order valence-corrected chi connectivity index (χ3v) is 16.2. The van der Waals surface area contributed by atoms with Gasteiger partial charge >= 0.3 is 6.15 Å². The zero-order valence-electron chi connectivity index (χ0n) is 48.1. The number of hydrogen-bond donors (Lipinski definition) is 18. The average molecular weight is 1260 g/mol. The molecule has 0 radical (unpaired) electrons. The summed E-state index contributed by atoms with van der Waals surface area (Å²) in [6.45, 7) is 2.53. The number of carbonyl (C=O) groups excluding carboxylic acids is 4. The van der Waals surface area contributed by atoms with Crippen LogP contribution in [0.4, 0.5) is 0 Å². The maximum Gasteiger partial charge on any atom is 0.373 e. The molecule has 86 heavy (non-hydrogen) atoms. The number of ketones is 1. The van der Waals surface area contributed by atoms with Gasteiger partial charge in [0.15, 0.2) is 37.7 Å². The first-order valence-electron chi connectivity index (χ1n) is 28.5. The molecule has 6 heterocycles. The summed E-state index contributed by atoms with van der Waals surface area (Å²) in [5.41, 5.74) is 0. The fourth-order valence-electron chi connectivity index (χ4n) is 10.9. The molecule has 6 saturated heterocycles. The van der Waals surface area contributed by atoms with Crippen molar-refractivity contribution < 1.29 is 163 Å². The third-order valence-electron chi connectivity index (χ3n) is 16.2. The third kappa shape index (κ3) is 18.3. The van der Waals surface area contributed by atoms with Gasteiger partial charge in [0.05, 0.1) is 57.4 Å². The molecule has 0 aromatic heterocycles. The number of carbonyl (C=O) groups is 2. The highest BCUT2D eigenvalue weighted by Crippen LogP contribution is 2.40. The monoisotopic (exact) mass is 1260 g/mol. The first kappa shape index (κ1) is 74.1. The lowest BCUT2D eigenvalue weighted by Gasteiger charge is -2.51. The quantitative estimate of drug-likeness (QED) is 0.0340. The van der Waals surface area contributed by atoms with E-state index in [0.29, 0.717) is 12.8 Å². The van der Waals surface area contributed by atoms with Crippen molar-refractivity contribution in [3.63, 3.8) is 0 Å². The van der Waals surface area contributed by atoms with Crippen LogP contribution in [0.5, 0.6) is 0 Å². The van der Waals surface area contributed by atoms with Gasteiger partial charge in [0.2, 0.25) is 5.91 Å². The van der Waals surface area contributed by atoms with E-state index in [1.54, 1.807) is 0 Å². The number of unbranched alkanes of at least 4 members (excludes halogenated alkanes) is 3. The van der Waals surface area contributed by atoms with Crippen LogP contribution < -0.4 is 5.32 Å². The molecule has 0 bridgehead atoms. The van der Waals surface area contributed by atoms with Crippen LogP contribution in [0, 0.1) is 11.8 Å². The molecule has 6 aliphatic heterocycles. The van der Waals surface area contributed by atoms with Gasteiger partial charge in [-0.3, -0.25) is 9.59 Å². The Balaban J connectivity index is 0.00000440. The minimum atomic E-state index is -2.17. The zero-order valence-corrected chi connectivity index (χ0v) is 48.1. The van der Waals surface area contributed by atoms with Gasteiger partial charge in [0, 0.05) is 31.8 Å². The maximum absolute atomic E-state index is 12.3. The summed E-state index contributed by atoms with van der Waals surface area (Å²) in [4.78, 5) is 40.1. The Hall–Kier alpha value is -2.64. The molecule has 6 fully saturated rings. The first-order valence-corrected chi connectivity index (χ1v) is 28.5. The molecular weight excluding hydrogens is 1170 g/mol. The van der Waals surface area contributed by atoms with Gasteiger partial charge < -0.3 is 149 Å². The van der Waals surface area contributed by atoms with E-state index in [1.165, 1.54) is 20.8 Å². The van der Waals surface area contributed by atoms with Crippen molar-refractivity contribution in [1.29, 1.82) is 0 Å². The van der Waals surface area contributed by atoms with Gasteiger partial charge in [-0.2, -0.15) is 9.59 Å². The lowest BCUT2D eigenvalue weighted by molar-refractivity contribution is -0.401. The molecule has 0 spiro atoms. The van der Waals surface area contributed by atoms with E-state index in [-0.39, 0.29) is 24.5 Å². The zero-order chi connectivity index (χ0) is 64.0. The van der Waals surface area contributed by atoms with Crippen LogP contribution in [0.3, 0.4) is 0 Å². The number of Topliss-reactive ketones (excluding diaryl/α,β-unsaturated/α-hetero) is 1. The number of rotatable bonds is 27. The van der Waals surface area contributed by atoms with Crippen molar-refractivity contribution in [2.24, 2.45) is 11.8 Å². The van der Waals surface area contributed by atoms with E-state index in [2.05, 4.69) is 5.32 Å². The molecule has 18 N–H and O–H groups in total. The second-order valence-electron chi connectivity index (χ2n) is 22.4. The molecule has 6 aliphatic rings. The average Bonchev–Trinajstić information content (AvgIpc) is 1.63. The summed E-state index contributed by atoms with van der Waals surface area (Å²) in [5, 5.41) is 188. The van der Waals surface area contributed by atoms with Crippen LogP contribution >= 0.6 is 0 Å². The molecule has 0 aliphatic carbocycles. The van der Waals surface area contributed by atoms with Crippen molar-refractivity contribution in [2.75, 3.05) is 39.6 Å². The van der Waals surface area contributed by atoms with Crippen molar-refractivity contribution in [1.82, 2.24) is 5.32 Å². The number of aliphatic hydroxyl groups is 17. The molecule has 1 amide bonds. The van der Waals surface area contributed by atoms with Gasteiger partial charge in [0.25, 0.3) is 0 Å². The topological polar surface area (TPSA) is 535 Å². The normalized spacial score (nSPS) is 44.0. The van der Waals surface area contributed by atoms with Crippen LogP contribution in [0.1, 0.15) is 73.1 Å². The number of ether oxygens (including phenoxy) is 12. The van der Waals surface area contributed by atoms with Gasteiger partial charge in [-0.25, -0.2) is 0 Å². The van der Waals surface area contributed by atoms with Gasteiger partial charge in [-0.1, -0.05) is 33.1 Å². The van der Waals surface area contributed by atoms with Crippen LogP contribution in [-0.4, -0.2) is 328 Å². The van der Waals surface area contributed by atoms with E-state index in [4.69, 9.17) is 66.4 Å². The van der Waals surface area contributed by atoms with Crippen LogP contribution in [-0.2, 0) is 76.0 Å². The van der Waals surface area contributed by atoms with Crippen LogP contribution in [0.15, 0.2) is 0 Å². The Bertz CT molecular complexity index is 2050. The molecule has 12 unspecified atom stereocenters. The Labute approximate surface area is 493 Å². The van der Waals surface area contributed by atoms with Crippen LogP contribution in [0.25, 0.3) is 0 Å². The van der Waals surface area contributed by atoms with Crippen molar-refractivity contribution in [2.45, 2.75) is 257 Å². The minimum Gasteiger partial charge on any atom is -0.394 e. The summed E-state index contributed by atoms with van der Waals surface area (Å²) < 4.78 is 72.0. The van der Waals surface area contributed by atoms with E-state index in [0.717, 1.165) is 26.2 Å². The lowest BCUT2D eigenvalue weighted by atomic mass is 9.90. The van der Waals surface area contributed by atoms with E-state index >= 15 is 0 Å². The largest absolute Gasteiger partial charge is 0.394 e. The highest BCUT2D eigenvalue weighted by Gasteiger charge is 2.58. The first-order chi connectivity index (χ1) is 40.7. The Kier molecular flexibility index (Phi) is 29.9. The number of aliphatic hydroxyl groups excluding tert-OH is 17. The van der Waals surface area contributed by atoms with Gasteiger partial charge in [0.1, 0.15) is 128 Å². The highest BCUT2D eigenvalue weighted by atomic mass is 16.8. The summed E-state index contributed by atoms with van der Waals surface area (Å²) >= 11 is 0. The molecule has 0 aromatic rings. The summed E-state index contributed by atoms with van der Waals surface area (Å²) in [5.74, 6) is -1.96. The summed E-state index contributed by atoms with van der Waals surface area (Å²) in [6.07, 6.45) is -48.2. The SMILES string of the molecule is CC(=O)N[C@@H]1C(O)CC(O[C@@H]2C(O)[C@H](O[C@@H]3C(CO)O[C@@H](OCCCCCC[C@H](C)C(C)=O)C(O)[C@H]3O)OC(CO)[C@@H]2O[C@@H]2OC(CO)[C@H](O)[C@H](O[C@@H]3OC(CO)[C@H](O)[C@H](O)C3O[C@@H]3OC(C)[C@@H](O)[C@H](O)C3O)C2C)O[C@H]1[C@H](O)[C@H](O)CO.O=C=O. The standard InChI is InChI=1S/C51H89NO31.CO2/c1-18(20(3)58)10-8-6-7-9-11-72-48-39(70)37(68)42(27(16-56)76-48)81-50-40(71)45(79-29-12-23(60)30(52-22(5)59)44(78-29)32(63)24(61)13-53)43(28(17-57)77-50)82-47-19(2)41(34(65)26(15-55)74-47)80-51-46(36(67)33(64)25(14-54)75-51)83-49-38(69)35(66)31(62)21(4)73-49;2-1-3/h18-19,21,23-51,53-57,60-71H,6-17H2,1-5H3,(H,52,59);/t18-,19?,21?,23?,24+,25?,26?,27?,28?,29?,30+,31+,32+,33-,34-,35-,36-,37+,38?,39?,40?,41+,42+,43-,44+,45+,46?,47-,48+,49-,50-,51-;/m0./s1. The number of amides is 1. The van der Waals surface area contributed by atoms with E-state index < -0.39 is 235 Å². The van der Waals surface area contributed by atoms with E-state index in [9.17, 15) is 96.4 Å². The van der Waals surface area contributed by atoms with Crippen LogP contribution in [0.2, 0.25) is 0 Å². The smallest absolute Gasteiger partial charge is 0.373 e. The summed E-state index contributed by atoms with van der Waals surface area (Å²) in [6, 6.07) is -1.43. The Morgan fingerprint density at radius 3 is 1.65 bits per heavy atom. The maximum atomic E-state index is 12.3. The van der Waals surface area contributed by atoms with Gasteiger partial charge in [-0.05, 0) is 26.7 Å². The molecule has 0 aromatic carbocycles. The van der Waals surface area contributed by atoms with Gasteiger partial charge in [-0.15, -0.1) is 0 Å². The van der Waals surface area contributed by atoms with Crippen molar-refractivity contribution in [3.05, 3.63) is 0 Å². The molecule has 500 valence electrons. The molecular formula is C52H89NO33. The lowest BCUT2D eigenvalue weighted by Crippen LogP contribution is -2.68. The predicted molar refractivity (Wildman–Crippen MR) is 275 cm³/mol. The number of nitrogens with one attached hydrogen (secondary N) is 1. The van der Waals surface area contributed by atoms with E-state index in [1.807, 2.05) is 6.92 Å². The minimum absolute atomic E-state index is 0.0658. The van der Waals surface area contributed by atoms with Crippen molar-refractivity contribution in [3.8, 4) is 0 Å². The second-order valence-corrected chi connectivity index (χ2v) is 22.4. The van der Waals surface area contributed by atoms with Crippen molar-refractivity contribution >= 4 is 17.8 Å². The molecule has 34 nitrogen and oxygen atoms in total. The molecule has 6 rings (SSSR count).